The highest BCUT2D eigenvalue weighted by Gasteiger charge is 2.17. The van der Waals surface area contributed by atoms with Crippen molar-refractivity contribution in [3.05, 3.63) is 133 Å². The molecule has 0 saturated carbocycles. The number of pyridine rings is 2. The van der Waals surface area contributed by atoms with Crippen LogP contribution in [0.15, 0.2) is 133 Å². The van der Waals surface area contributed by atoms with Gasteiger partial charge in [0.2, 0.25) is 0 Å². The topological polar surface area (TPSA) is 61.7 Å². The first kappa shape index (κ1) is 23.8. The number of rotatable bonds is 3. The number of nitrogens with two attached hydrogens (primary N) is 1. The molecule has 0 amide bonds. The predicted octanol–water partition coefficient (Wildman–Crippen LogP) is 7.91. The predicted molar refractivity (Wildman–Crippen MR) is 166 cm³/mol. The lowest BCUT2D eigenvalue weighted by molar-refractivity contribution is 1.17. The van der Waals surface area contributed by atoms with Gasteiger partial charge >= 0.3 is 0 Å². The third-order valence-corrected chi connectivity index (χ3v) is 7.32. The zero-order chi connectivity index (χ0) is 27.1. The maximum atomic E-state index is 5.18. The number of para-hydroxylation sites is 4. The molecule has 8 aromatic rings. The van der Waals surface area contributed by atoms with Gasteiger partial charge in [-0.25, -0.2) is 9.97 Å². The normalized spacial score (nSPS) is 11.2. The Labute approximate surface area is 231 Å². The van der Waals surface area contributed by atoms with Crippen LogP contribution in [0, 0.1) is 0 Å². The Morgan fingerprint density at radius 1 is 0.400 bits per heavy atom. The molecule has 0 bridgehead atoms. The van der Waals surface area contributed by atoms with Crippen molar-refractivity contribution < 1.29 is 0 Å². The molecule has 5 heteroatoms. The minimum Gasteiger partial charge on any atom is -0.333 e. The summed E-state index contributed by atoms with van der Waals surface area (Å²) >= 11 is 0. The third-order valence-electron chi connectivity index (χ3n) is 7.32. The van der Waals surface area contributed by atoms with Crippen LogP contribution < -0.4 is 5.73 Å². The minimum atomic E-state index is 0.868. The van der Waals surface area contributed by atoms with Crippen LogP contribution in [0.5, 0.6) is 0 Å². The Morgan fingerprint density at radius 3 is 1.20 bits per heavy atom. The van der Waals surface area contributed by atoms with Gasteiger partial charge in [-0.15, -0.1) is 0 Å². The lowest BCUT2D eigenvalue weighted by Gasteiger charge is -2.08. The molecule has 8 rings (SSSR count). The SMILES string of the molecule is CN.c1ccc(-n2c3ccccc3c3nc(-c4ccc5c(n4)c4ccccc4n5-c4ccccc4)ccc32)cc1. The second kappa shape index (κ2) is 9.80. The Morgan fingerprint density at radius 2 is 0.775 bits per heavy atom. The molecule has 0 radical (unpaired) electrons. The van der Waals surface area contributed by atoms with E-state index < -0.39 is 0 Å². The van der Waals surface area contributed by atoms with Crippen molar-refractivity contribution in [2.24, 2.45) is 5.73 Å². The smallest absolute Gasteiger partial charge is 0.0971 e. The van der Waals surface area contributed by atoms with Gasteiger partial charge < -0.3 is 14.9 Å². The summed E-state index contributed by atoms with van der Waals surface area (Å²) in [5.74, 6) is 0. The molecule has 4 heterocycles. The molecule has 0 aliphatic heterocycles. The summed E-state index contributed by atoms with van der Waals surface area (Å²) in [6.07, 6.45) is 0. The zero-order valence-corrected chi connectivity index (χ0v) is 22.1. The third kappa shape index (κ3) is 3.67. The van der Waals surface area contributed by atoms with Gasteiger partial charge in [-0.2, -0.15) is 0 Å². The molecule has 4 aromatic heterocycles. The van der Waals surface area contributed by atoms with E-state index in [1.165, 1.54) is 7.05 Å². The first-order valence-electron chi connectivity index (χ1n) is 13.4. The van der Waals surface area contributed by atoms with Gasteiger partial charge in [-0.3, -0.25) is 0 Å². The average molecular weight is 518 g/mol. The highest BCUT2D eigenvalue weighted by Crippen LogP contribution is 2.35. The number of hydrogen-bond acceptors (Lipinski definition) is 3. The fourth-order valence-electron chi connectivity index (χ4n) is 5.65. The van der Waals surface area contributed by atoms with Crippen molar-refractivity contribution in [3.63, 3.8) is 0 Å². The van der Waals surface area contributed by atoms with Crippen molar-refractivity contribution in [1.29, 1.82) is 0 Å². The van der Waals surface area contributed by atoms with Crippen LogP contribution in [0.25, 0.3) is 66.6 Å². The van der Waals surface area contributed by atoms with Crippen LogP contribution in [0.4, 0.5) is 0 Å². The van der Waals surface area contributed by atoms with E-state index in [1.54, 1.807) is 0 Å². The standard InChI is InChI=1S/C34H22N4.CH5N/c1-3-11-23(12-4-1)37-29-17-9-7-15-25(29)33-31(37)21-19-27(35-33)28-20-22-32-34(36-28)26-16-8-10-18-30(26)38(32)24-13-5-2-6-14-24;1-2/h1-22H;2H2,1H3. The van der Waals surface area contributed by atoms with E-state index in [9.17, 15) is 0 Å². The van der Waals surface area contributed by atoms with Crippen molar-refractivity contribution in [2.45, 2.75) is 0 Å². The van der Waals surface area contributed by atoms with E-state index in [1.807, 2.05) is 12.1 Å². The fraction of sp³-hybridized carbons (Fsp3) is 0.0286. The highest BCUT2D eigenvalue weighted by atomic mass is 15.0. The zero-order valence-electron chi connectivity index (χ0n) is 22.1. The molecule has 2 N–H and O–H groups in total. The summed E-state index contributed by atoms with van der Waals surface area (Å²) < 4.78 is 4.57. The Bertz CT molecular complexity index is 1970. The molecule has 0 fully saturated rings. The van der Waals surface area contributed by atoms with Gasteiger partial charge in [0.05, 0.1) is 44.5 Å². The quantitative estimate of drug-likeness (QED) is 0.259. The molecule has 0 atom stereocenters. The van der Waals surface area contributed by atoms with Gasteiger partial charge in [0.15, 0.2) is 0 Å². The number of benzene rings is 4. The second-order valence-corrected chi connectivity index (χ2v) is 9.50. The van der Waals surface area contributed by atoms with Gasteiger partial charge in [-0.1, -0.05) is 72.8 Å². The van der Waals surface area contributed by atoms with Crippen LogP contribution in [0.2, 0.25) is 0 Å². The van der Waals surface area contributed by atoms with E-state index in [4.69, 9.17) is 9.97 Å². The Hall–Kier alpha value is -5.26. The molecule has 0 unspecified atom stereocenters. The van der Waals surface area contributed by atoms with Crippen molar-refractivity contribution in [2.75, 3.05) is 7.05 Å². The largest absolute Gasteiger partial charge is 0.333 e. The van der Waals surface area contributed by atoms with E-state index in [-0.39, 0.29) is 0 Å². The summed E-state index contributed by atoms with van der Waals surface area (Å²) in [5.41, 5.74) is 14.9. The van der Waals surface area contributed by atoms with E-state index >= 15 is 0 Å². The Kier molecular flexibility index (Phi) is 5.84. The molecule has 5 nitrogen and oxygen atoms in total. The number of aromatic nitrogens is 4. The molecule has 0 aliphatic rings. The van der Waals surface area contributed by atoms with E-state index in [0.29, 0.717) is 0 Å². The van der Waals surface area contributed by atoms with Gasteiger partial charge in [-0.05, 0) is 67.7 Å². The molecule has 0 spiro atoms. The lowest BCUT2D eigenvalue weighted by Crippen LogP contribution is -1.95. The van der Waals surface area contributed by atoms with E-state index in [0.717, 1.165) is 66.6 Å². The molecular weight excluding hydrogens is 490 g/mol. The molecule has 192 valence electrons. The van der Waals surface area contributed by atoms with Crippen LogP contribution in [-0.4, -0.2) is 26.1 Å². The summed E-state index contributed by atoms with van der Waals surface area (Å²) in [7, 11) is 1.50. The maximum absolute atomic E-state index is 5.18. The Balaban J connectivity index is 0.00000130. The van der Waals surface area contributed by atoms with Crippen LogP contribution in [-0.2, 0) is 0 Å². The lowest BCUT2D eigenvalue weighted by atomic mass is 10.2. The van der Waals surface area contributed by atoms with Crippen LogP contribution in [0.3, 0.4) is 0 Å². The summed E-state index contributed by atoms with van der Waals surface area (Å²) in [6.45, 7) is 0. The second-order valence-electron chi connectivity index (χ2n) is 9.50. The van der Waals surface area contributed by atoms with Crippen molar-refractivity contribution in [1.82, 2.24) is 19.1 Å². The minimum absolute atomic E-state index is 0.868. The average Bonchev–Trinajstić information content (AvgIpc) is 3.55. The first-order chi connectivity index (χ1) is 19.9. The van der Waals surface area contributed by atoms with Crippen LogP contribution >= 0.6 is 0 Å². The molecule has 40 heavy (non-hydrogen) atoms. The first-order valence-corrected chi connectivity index (χ1v) is 13.4. The van der Waals surface area contributed by atoms with Crippen molar-refractivity contribution in [3.8, 4) is 22.8 Å². The van der Waals surface area contributed by atoms with E-state index in [2.05, 4.69) is 136 Å². The van der Waals surface area contributed by atoms with Gasteiger partial charge in [0, 0.05) is 22.1 Å². The van der Waals surface area contributed by atoms with Gasteiger partial charge in [0.1, 0.15) is 0 Å². The molecule has 4 aromatic carbocycles. The summed E-state index contributed by atoms with van der Waals surface area (Å²) in [4.78, 5) is 10.4. The monoisotopic (exact) mass is 517 g/mol. The number of nitrogens with zero attached hydrogens (tertiary/aromatic N) is 4. The molecule has 0 aliphatic carbocycles. The highest BCUT2D eigenvalue weighted by molar-refractivity contribution is 6.09. The molecular formula is C35H27N5. The summed E-state index contributed by atoms with van der Waals surface area (Å²) in [5, 5.41) is 2.27. The number of fused-ring (bicyclic) bond motifs is 6. The fourth-order valence-corrected chi connectivity index (χ4v) is 5.65. The summed E-state index contributed by atoms with van der Waals surface area (Å²) in [6, 6.07) is 46.4. The van der Waals surface area contributed by atoms with Crippen molar-refractivity contribution >= 4 is 43.9 Å². The molecule has 0 saturated heterocycles. The maximum Gasteiger partial charge on any atom is 0.0971 e. The van der Waals surface area contributed by atoms with Gasteiger partial charge in [0.25, 0.3) is 0 Å². The number of hydrogen-bond donors (Lipinski definition) is 1. The van der Waals surface area contributed by atoms with Crippen LogP contribution in [0.1, 0.15) is 0 Å².